The summed E-state index contributed by atoms with van der Waals surface area (Å²) in [6.07, 6.45) is 2.67. The molecule has 0 saturated heterocycles. The van der Waals surface area contributed by atoms with Crippen molar-refractivity contribution in [1.29, 1.82) is 0 Å². The van der Waals surface area contributed by atoms with Crippen molar-refractivity contribution in [3.05, 3.63) is 66.2 Å². The number of nitrogens with one attached hydrogen (secondary N) is 2. The van der Waals surface area contributed by atoms with Crippen LogP contribution in [0.25, 0.3) is 22.2 Å². The summed E-state index contributed by atoms with van der Waals surface area (Å²) in [6, 6.07) is 12.0. The van der Waals surface area contributed by atoms with Gasteiger partial charge in [-0.1, -0.05) is 45.1 Å². The summed E-state index contributed by atoms with van der Waals surface area (Å²) in [5.74, 6) is -2.19. The molecule has 1 fully saturated rings. The summed E-state index contributed by atoms with van der Waals surface area (Å²) < 4.78 is 67.7. The highest BCUT2D eigenvalue weighted by atomic mass is 19.4. The first kappa shape index (κ1) is 26.2. The average Bonchev–Trinajstić information content (AvgIpc) is 3.25. The highest BCUT2D eigenvalue weighted by Crippen LogP contribution is 2.31. The van der Waals surface area contributed by atoms with E-state index in [9.17, 15) is 27.1 Å². The normalized spacial score (nSPS) is 14.2. The quantitative estimate of drug-likeness (QED) is 0.237. The molecule has 10 heteroatoms. The summed E-state index contributed by atoms with van der Waals surface area (Å²) >= 11 is 0. The Hall–Kier alpha value is -3.82. The zero-order chi connectivity index (χ0) is 26.6. The fraction of sp³-hybridized carbons (Fsp3) is 0.296. The van der Waals surface area contributed by atoms with Gasteiger partial charge >= 0.3 is 6.36 Å². The number of aromatic nitrogens is 2. The van der Waals surface area contributed by atoms with E-state index in [0.717, 1.165) is 30.2 Å². The largest absolute Gasteiger partial charge is 0.573 e. The predicted octanol–water partition coefficient (Wildman–Crippen LogP) is 8.44. The van der Waals surface area contributed by atoms with Gasteiger partial charge < -0.3 is 20.1 Å². The van der Waals surface area contributed by atoms with Crippen LogP contribution >= 0.6 is 0 Å². The van der Waals surface area contributed by atoms with E-state index in [1.54, 1.807) is 18.2 Å². The van der Waals surface area contributed by atoms with Crippen molar-refractivity contribution in [1.82, 2.24) is 9.97 Å². The first-order valence-corrected chi connectivity index (χ1v) is 11.9. The van der Waals surface area contributed by atoms with Gasteiger partial charge in [-0.15, -0.1) is 13.2 Å². The van der Waals surface area contributed by atoms with Gasteiger partial charge in [0.1, 0.15) is 5.75 Å². The van der Waals surface area contributed by atoms with E-state index in [-0.39, 0.29) is 11.3 Å². The van der Waals surface area contributed by atoms with E-state index in [1.807, 2.05) is 0 Å². The van der Waals surface area contributed by atoms with Crippen molar-refractivity contribution in [2.24, 2.45) is 5.92 Å². The molecule has 0 unspecified atom stereocenters. The highest BCUT2D eigenvalue weighted by molar-refractivity contribution is 5.84. The molecule has 0 amide bonds. The summed E-state index contributed by atoms with van der Waals surface area (Å²) in [4.78, 5) is 7.29. The molecule has 3 aromatic carbocycles. The number of H-pyrrole nitrogens is 1. The maximum Gasteiger partial charge on any atom is 0.573 e. The van der Waals surface area contributed by atoms with Crippen LogP contribution in [0, 0.1) is 17.6 Å². The number of halogens is 5. The van der Waals surface area contributed by atoms with E-state index >= 15 is 0 Å². The number of phenolic OH excluding ortho intramolecular Hbond substituents is 1. The van der Waals surface area contributed by atoms with Crippen LogP contribution in [0.3, 0.4) is 0 Å². The van der Waals surface area contributed by atoms with Crippen LogP contribution in [0.4, 0.5) is 33.6 Å². The number of rotatable bonds is 4. The number of nitrogens with zero attached hydrogens (tertiary/aromatic N) is 1. The molecule has 0 aliphatic heterocycles. The third-order valence-electron chi connectivity index (χ3n) is 6.08. The molecule has 3 N–H and O–H groups in total. The van der Waals surface area contributed by atoms with Gasteiger partial charge in [-0.3, -0.25) is 0 Å². The minimum Gasteiger partial charge on any atom is -0.503 e. The Labute approximate surface area is 210 Å². The zero-order valence-corrected chi connectivity index (χ0v) is 20.0. The molecule has 1 heterocycles. The molecular weight excluding hydrogens is 493 g/mol. The molecule has 5 rings (SSSR count). The number of alkyl halides is 3. The van der Waals surface area contributed by atoms with Crippen molar-refractivity contribution >= 4 is 22.7 Å². The number of benzene rings is 3. The third kappa shape index (κ3) is 7.12. The van der Waals surface area contributed by atoms with E-state index < -0.39 is 23.7 Å². The Balaban J connectivity index is 0.000000396. The average molecular weight is 520 g/mol. The van der Waals surface area contributed by atoms with Gasteiger partial charge in [0.05, 0.1) is 11.0 Å². The second-order valence-corrected chi connectivity index (χ2v) is 9.05. The second-order valence-electron chi connectivity index (χ2n) is 9.05. The van der Waals surface area contributed by atoms with Crippen LogP contribution in [0.1, 0.15) is 39.0 Å². The molecule has 4 aromatic rings. The first-order valence-electron chi connectivity index (χ1n) is 11.9. The lowest BCUT2D eigenvalue weighted by Crippen LogP contribution is -2.16. The summed E-state index contributed by atoms with van der Waals surface area (Å²) in [5, 5.41) is 12.1. The fourth-order valence-electron chi connectivity index (χ4n) is 4.16. The summed E-state index contributed by atoms with van der Waals surface area (Å²) in [6.45, 7) is 2.36. The van der Waals surface area contributed by atoms with Gasteiger partial charge in [0.15, 0.2) is 17.4 Å². The predicted molar refractivity (Wildman–Crippen MR) is 132 cm³/mol. The number of imidazole rings is 1. The van der Waals surface area contributed by atoms with Gasteiger partial charge in [-0.25, -0.2) is 13.8 Å². The van der Waals surface area contributed by atoms with Crippen LogP contribution in [-0.4, -0.2) is 21.4 Å². The minimum atomic E-state index is -4.77. The van der Waals surface area contributed by atoms with E-state index in [4.69, 9.17) is 0 Å². The maximum absolute atomic E-state index is 13.6. The molecule has 0 radical (unpaired) electrons. The Morgan fingerprint density at radius 3 is 2.14 bits per heavy atom. The smallest absolute Gasteiger partial charge is 0.503 e. The van der Waals surface area contributed by atoms with E-state index in [2.05, 4.69) is 26.9 Å². The molecule has 0 bridgehead atoms. The Morgan fingerprint density at radius 1 is 0.919 bits per heavy atom. The summed E-state index contributed by atoms with van der Waals surface area (Å²) in [7, 11) is 0. The highest BCUT2D eigenvalue weighted by Gasteiger charge is 2.31. The lowest BCUT2D eigenvalue weighted by Gasteiger charge is -2.15. The molecule has 1 aliphatic rings. The monoisotopic (exact) mass is 519 g/mol. The fourth-order valence-corrected chi connectivity index (χ4v) is 4.16. The number of aromatic hydroxyl groups is 1. The lowest BCUT2D eigenvalue weighted by atomic mass is 9.91. The van der Waals surface area contributed by atoms with Gasteiger partial charge in [-0.2, -0.15) is 0 Å². The van der Waals surface area contributed by atoms with Crippen molar-refractivity contribution in [3.63, 3.8) is 0 Å². The Bertz CT molecular complexity index is 1320. The molecule has 1 aliphatic carbocycles. The van der Waals surface area contributed by atoms with E-state index in [1.165, 1.54) is 44.2 Å². The molecule has 37 heavy (non-hydrogen) atoms. The Morgan fingerprint density at radius 2 is 1.57 bits per heavy atom. The number of hydrogen-bond acceptors (Lipinski definition) is 4. The van der Waals surface area contributed by atoms with Gasteiger partial charge in [0.25, 0.3) is 0 Å². The van der Waals surface area contributed by atoms with Crippen LogP contribution in [0.15, 0.2) is 54.6 Å². The molecular formula is C27H26F5N3O2. The van der Waals surface area contributed by atoms with Crippen LogP contribution < -0.4 is 10.1 Å². The molecule has 196 valence electrons. The molecule has 0 spiro atoms. The lowest BCUT2D eigenvalue weighted by molar-refractivity contribution is -0.274. The number of ether oxygens (including phenoxy) is 1. The van der Waals surface area contributed by atoms with E-state index in [0.29, 0.717) is 28.2 Å². The van der Waals surface area contributed by atoms with Crippen molar-refractivity contribution in [3.8, 4) is 22.6 Å². The first-order chi connectivity index (χ1) is 17.6. The van der Waals surface area contributed by atoms with Gasteiger partial charge in [-0.05, 0) is 65.6 Å². The van der Waals surface area contributed by atoms with Crippen LogP contribution in [0.2, 0.25) is 0 Å². The zero-order valence-electron chi connectivity index (χ0n) is 20.0. The number of phenols is 1. The second kappa shape index (κ2) is 11.1. The van der Waals surface area contributed by atoms with Gasteiger partial charge in [0, 0.05) is 5.69 Å². The summed E-state index contributed by atoms with van der Waals surface area (Å²) in [5.41, 5.74) is 2.30. The van der Waals surface area contributed by atoms with Crippen LogP contribution in [-0.2, 0) is 0 Å². The standard InChI is InChI=1S/C20H12F5N3O2.C7H14/c21-14-7-11(8-15(22)18(14)29)10-1-6-16-17(9-10)28-19(27-16)26-12-2-4-13(5-3-12)30-20(23,24)25;1-7-5-3-2-4-6-7/h1-9,29H,(H2,26,27,28);7H,2-6H2,1H3. The molecule has 1 saturated carbocycles. The molecule has 5 nitrogen and oxygen atoms in total. The SMILES string of the molecule is CC1CCCCC1.Oc1c(F)cc(-c2ccc3nc(Nc4ccc(OC(F)(F)F)cc4)[nH]c3c2)cc1F. The molecule has 0 atom stereocenters. The van der Waals surface area contributed by atoms with Crippen LogP contribution in [0.5, 0.6) is 11.5 Å². The number of aromatic amines is 1. The third-order valence-corrected chi connectivity index (χ3v) is 6.08. The molecule has 1 aromatic heterocycles. The number of fused-ring (bicyclic) bond motifs is 1. The van der Waals surface area contributed by atoms with Crippen molar-refractivity contribution in [2.45, 2.75) is 45.4 Å². The minimum absolute atomic E-state index is 0.231. The number of hydrogen-bond donors (Lipinski definition) is 3. The maximum atomic E-state index is 13.6. The Kier molecular flexibility index (Phi) is 7.85. The number of anilines is 2. The van der Waals surface area contributed by atoms with Gasteiger partial charge in [0.2, 0.25) is 5.95 Å². The van der Waals surface area contributed by atoms with Crippen molar-refractivity contribution in [2.75, 3.05) is 5.32 Å². The van der Waals surface area contributed by atoms with Crippen molar-refractivity contribution < 1.29 is 31.8 Å². The topological polar surface area (TPSA) is 70.2 Å².